The lowest BCUT2D eigenvalue weighted by Crippen LogP contribution is -2.05. The molecule has 1 heterocycles. The van der Waals surface area contributed by atoms with Crippen LogP contribution in [0.3, 0.4) is 0 Å². The third-order valence-corrected chi connectivity index (χ3v) is 3.72. The molecule has 0 spiro atoms. The van der Waals surface area contributed by atoms with Crippen molar-refractivity contribution in [2.45, 2.75) is 12.5 Å². The van der Waals surface area contributed by atoms with Crippen molar-refractivity contribution in [3.05, 3.63) is 76.8 Å². The number of aromatic nitrogens is 1. The zero-order valence-corrected chi connectivity index (χ0v) is 11.9. The normalized spacial score (nSPS) is 12.5. The number of aliphatic hydroxyl groups excluding tert-OH is 1. The molecule has 0 fully saturated rings. The number of nitrogens with zero attached hydrogens (tertiary/aromatic N) is 1. The van der Waals surface area contributed by atoms with Crippen molar-refractivity contribution in [1.82, 2.24) is 4.98 Å². The van der Waals surface area contributed by atoms with Crippen LogP contribution in [0.25, 0.3) is 10.8 Å². The fourth-order valence-corrected chi connectivity index (χ4v) is 2.57. The number of aliphatic hydroxyl groups is 1. The predicted molar refractivity (Wildman–Crippen MR) is 81.8 cm³/mol. The van der Waals surface area contributed by atoms with Crippen LogP contribution in [0.2, 0.25) is 5.02 Å². The first-order valence-electron chi connectivity index (χ1n) is 6.60. The van der Waals surface area contributed by atoms with E-state index in [1.165, 1.54) is 6.07 Å². The molecular weight excluding hydrogens is 289 g/mol. The molecule has 106 valence electrons. The van der Waals surface area contributed by atoms with Gasteiger partial charge >= 0.3 is 0 Å². The van der Waals surface area contributed by atoms with Gasteiger partial charge in [0.05, 0.1) is 6.10 Å². The van der Waals surface area contributed by atoms with E-state index in [0.29, 0.717) is 16.1 Å². The van der Waals surface area contributed by atoms with Crippen LogP contribution in [-0.2, 0) is 6.42 Å². The van der Waals surface area contributed by atoms with Gasteiger partial charge in [-0.25, -0.2) is 4.39 Å². The molecule has 0 radical (unpaired) electrons. The Kier molecular flexibility index (Phi) is 3.86. The lowest BCUT2D eigenvalue weighted by atomic mass is 9.98. The van der Waals surface area contributed by atoms with E-state index in [0.717, 1.165) is 10.8 Å². The molecule has 0 saturated carbocycles. The van der Waals surface area contributed by atoms with Gasteiger partial charge < -0.3 is 5.11 Å². The van der Waals surface area contributed by atoms with Crippen LogP contribution < -0.4 is 0 Å². The SMILES string of the molecule is OC(Cc1ccc(Cl)cc1F)c1cncc2ccccc12. The third kappa shape index (κ3) is 2.89. The Balaban J connectivity index is 1.95. The van der Waals surface area contributed by atoms with Crippen molar-refractivity contribution < 1.29 is 9.50 Å². The summed E-state index contributed by atoms with van der Waals surface area (Å²) in [4.78, 5) is 4.14. The Hall–Kier alpha value is -1.97. The van der Waals surface area contributed by atoms with Crippen LogP contribution in [0.15, 0.2) is 54.9 Å². The summed E-state index contributed by atoms with van der Waals surface area (Å²) in [6, 6.07) is 12.1. The molecule has 0 aliphatic carbocycles. The molecule has 3 aromatic rings. The fraction of sp³-hybridized carbons (Fsp3) is 0.118. The summed E-state index contributed by atoms with van der Waals surface area (Å²) in [5.41, 5.74) is 1.13. The fourth-order valence-electron chi connectivity index (χ4n) is 2.41. The summed E-state index contributed by atoms with van der Waals surface area (Å²) in [6.07, 6.45) is 2.73. The van der Waals surface area contributed by atoms with Crippen LogP contribution >= 0.6 is 11.6 Å². The molecule has 3 rings (SSSR count). The minimum Gasteiger partial charge on any atom is -0.388 e. The zero-order valence-electron chi connectivity index (χ0n) is 11.1. The molecule has 1 aromatic heterocycles. The second kappa shape index (κ2) is 5.80. The average molecular weight is 302 g/mol. The highest BCUT2D eigenvalue weighted by molar-refractivity contribution is 6.30. The van der Waals surface area contributed by atoms with Crippen LogP contribution in [0, 0.1) is 5.82 Å². The van der Waals surface area contributed by atoms with Crippen LogP contribution in [0.1, 0.15) is 17.2 Å². The van der Waals surface area contributed by atoms with Gasteiger partial charge in [-0.15, -0.1) is 0 Å². The Labute approximate surface area is 126 Å². The number of benzene rings is 2. The lowest BCUT2D eigenvalue weighted by molar-refractivity contribution is 0.178. The first-order chi connectivity index (χ1) is 10.1. The van der Waals surface area contributed by atoms with E-state index in [1.807, 2.05) is 24.3 Å². The van der Waals surface area contributed by atoms with Crippen molar-refractivity contribution in [1.29, 1.82) is 0 Å². The van der Waals surface area contributed by atoms with Crippen molar-refractivity contribution in [2.75, 3.05) is 0 Å². The highest BCUT2D eigenvalue weighted by Gasteiger charge is 2.14. The number of pyridine rings is 1. The maximum Gasteiger partial charge on any atom is 0.127 e. The molecule has 21 heavy (non-hydrogen) atoms. The molecule has 0 saturated heterocycles. The van der Waals surface area contributed by atoms with Gasteiger partial charge in [-0.3, -0.25) is 4.98 Å². The monoisotopic (exact) mass is 301 g/mol. The first kappa shape index (κ1) is 14.0. The molecule has 0 bridgehead atoms. The van der Waals surface area contributed by atoms with E-state index in [9.17, 15) is 9.50 Å². The third-order valence-electron chi connectivity index (χ3n) is 3.49. The van der Waals surface area contributed by atoms with Gasteiger partial charge in [0.25, 0.3) is 0 Å². The van der Waals surface area contributed by atoms with E-state index in [4.69, 9.17) is 11.6 Å². The molecule has 0 amide bonds. The highest BCUT2D eigenvalue weighted by Crippen LogP contribution is 2.27. The van der Waals surface area contributed by atoms with Gasteiger partial charge in [0.2, 0.25) is 0 Å². The number of hydrogen-bond donors (Lipinski definition) is 1. The Morgan fingerprint density at radius 2 is 1.95 bits per heavy atom. The minimum absolute atomic E-state index is 0.179. The van der Waals surface area contributed by atoms with Crippen LogP contribution in [0.5, 0.6) is 0 Å². The summed E-state index contributed by atoms with van der Waals surface area (Å²) in [6.45, 7) is 0. The number of halogens is 2. The molecule has 1 unspecified atom stereocenters. The lowest BCUT2D eigenvalue weighted by Gasteiger charge is -2.14. The van der Waals surface area contributed by atoms with E-state index >= 15 is 0 Å². The van der Waals surface area contributed by atoms with Gasteiger partial charge in [0.15, 0.2) is 0 Å². The molecule has 0 aliphatic heterocycles. The average Bonchev–Trinajstić information content (AvgIpc) is 2.49. The summed E-state index contributed by atoms with van der Waals surface area (Å²) in [5, 5.41) is 12.6. The second-order valence-corrected chi connectivity index (χ2v) is 5.34. The van der Waals surface area contributed by atoms with Gasteiger partial charge in [0, 0.05) is 34.8 Å². The summed E-state index contributed by atoms with van der Waals surface area (Å²) in [7, 11) is 0. The van der Waals surface area contributed by atoms with E-state index in [2.05, 4.69) is 4.98 Å². The van der Waals surface area contributed by atoms with Gasteiger partial charge in [-0.05, 0) is 23.1 Å². The number of hydrogen-bond acceptors (Lipinski definition) is 2. The Bertz CT molecular complexity index is 785. The van der Waals surface area contributed by atoms with Crippen LogP contribution in [-0.4, -0.2) is 10.1 Å². The van der Waals surface area contributed by atoms with Crippen molar-refractivity contribution >= 4 is 22.4 Å². The first-order valence-corrected chi connectivity index (χ1v) is 6.97. The van der Waals surface area contributed by atoms with Crippen LogP contribution in [0.4, 0.5) is 4.39 Å². The minimum atomic E-state index is -0.820. The summed E-state index contributed by atoms with van der Waals surface area (Å²) < 4.78 is 13.8. The van der Waals surface area contributed by atoms with Crippen molar-refractivity contribution in [3.63, 3.8) is 0 Å². The van der Waals surface area contributed by atoms with Gasteiger partial charge in [0.1, 0.15) is 5.82 Å². The summed E-state index contributed by atoms with van der Waals surface area (Å²) in [5.74, 6) is -0.408. The maximum atomic E-state index is 13.8. The topological polar surface area (TPSA) is 33.1 Å². The maximum absolute atomic E-state index is 13.8. The van der Waals surface area contributed by atoms with E-state index < -0.39 is 11.9 Å². The summed E-state index contributed by atoms with van der Waals surface area (Å²) >= 11 is 5.74. The standard InChI is InChI=1S/C17H13ClFNO/c18-13-6-5-11(16(19)8-13)7-17(21)15-10-20-9-12-3-1-2-4-14(12)15/h1-6,8-10,17,21H,7H2. The Morgan fingerprint density at radius 1 is 1.14 bits per heavy atom. The van der Waals surface area contributed by atoms with Crippen molar-refractivity contribution in [3.8, 4) is 0 Å². The number of rotatable bonds is 3. The highest BCUT2D eigenvalue weighted by atomic mass is 35.5. The van der Waals surface area contributed by atoms with Crippen molar-refractivity contribution in [2.24, 2.45) is 0 Å². The predicted octanol–water partition coefficient (Wildman–Crippen LogP) is 4.30. The van der Waals surface area contributed by atoms with E-state index in [1.54, 1.807) is 24.5 Å². The van der Waals surface area contributed by atoms with E-state index in [-0.39, 0.29) is 6.42 Å². The molecule has 0 aliphatic rings. The molecule has 1 atom stereocenters. The Morgan fingerprint density at radius 3 is 2.76 bits per heavy atom. The second-order valence-electron chi connectivity index (χ2n) is 4.91. The largest absolute Gasteiger partial charge is 0.388 e. The van der Waals surface area contributed by atoms with Gasteiger partial charge in [-0.1, -0.05) is 41.9 Å². The zero-order chi connectivity index (χ0) is 14.8. The van der Waals surface area contributed by atoms with Gasteiger partial charge in [-0.2, -0.15) is 0 Å². The molecule has 4 heteroatoms. The molecule has 2 aromatic carbocycles. The smallest absolute Gasteiger partial charge is 0.127 e. The molecular formula is C17H13ClFNO. The quantitative estimate of drug-likeness (QED) is 0.782. The molecule has 1 N–H and O–H groups in total. The number of fused-ring (bicyclic) bond motifs is 1. The molecule has 2 nitrogen and oxygen atoms in total.